The van der Waals surface area contributed by atoms with Crippen molar-refractivity contribution in [2.75, 3.05) is 10.8 Å². The molecule has 0 atom stereocenters. The van der Waals surface area contributed by atoms with Crippen LogP contribution in [-0.2, 0) is 28.9 Å². The molecular weight excluding hydrogens is 392 g/mol. The monoisotopic (exact) mass is 408 g/mol. The van der Waals surface area contributed by atoms with E-state index in [1.807, 2.05) is 0 Å². The van der Waals surface area contributed by atoms with Gasteiger partial charge in [0.05, 0.1) is 26.6 Å². The Bertz CT molecular complexity index is 1210. The Labute approximate surface area is 160 Å². The van der Waals surface area contributed by atoms with Gasteiger partial charge in [-0.1, -0.05) is 23.7 Å². The Balaban J connectivity index is 2.22. The van der Waals surface area contributed by atoms with Gasteiger partial charge >= 0.3 is 5.69 Å². The van der Waals surface area contributed by atoms with Gasteiger partial charge in [-0.2, -0.15) is 0 Å². The van der Waals surface area contributed by atoms with Crippen LogP contribution >= 0.6 is 11.6 Å². The van der Waals surface area contributed by atoms with Crippen molar-refractivity contribution >= 4 is 44.3 Å². The number of fused-ring (bicyclic) bond motifs is 1. The van der Waals surface area contributed by atoms with Crippen LogP contribution in [0, 0.1) is 0 Å². The van der Waals surface area contributed by atoms with Crippen LogP contribution in [0.3, 0.4) is 0 Å². The lowest BCUT2D eigenvalue weighted by molar-refractivity contribution is -0.116. The molecule has 0 saturated heterocycles. The highest BCUT2D eigenvalue weighted by Crippen LogP contribution is 2.31. The SMILES string of the molecule is Cn1c(=O)n(C)c2cc(S(=O)(=O)N(CC(N)=O)c3ccccc3Cl)ccc21. The second-order valence-electron chi connectivity index (χ2n) is 5.98. The number of hydrogen-bond acceptors (Lipinski definition) is 4. The molecule has 3 rings (SSSR count). The van der Waals surface area contributed by atoms with E-state index in [2.05, 4.69) is 0 Å². The van der Waals surface area contributed by atoms with E-state index in [0.29, 0.717) is 11.0 Å². The van der Waals surface area contributed by atoms with Crippen molar-refractivity contribution < 1.29 is 13.2 Å². The minimum absolute atomic E-state index is 0.0858. The highest BCUT2D eigenvalue weighted by Gasteiger charge is 2.28. The Kier molecular flexibility index (Phi) is 4.75. The van der Waals surface area contributed by atoms with Gasteiger partial charge in [-0.3, -0.25) is 18.2 Å². The van der Waals surface area contributed by atoms with Crippen molar-refractivity contribution in [1.82, 2.24) is 9.13 Å². The number of imidazole rings is 1. The van der Waals surface area contributed by atoms with Crippen molar-refractivity contribution in [3.63, 3.8) is 0 Å². The van der Waals surface area contributed by atoms with E-state index in [-0.39, 0.29) is 21.3 Å². The number of carbonyl (C=O) groups excluding carboxylic acids is 1. The number of rotatable bonds is 5. The first kappa shape index (κ1) is 19.0. The summed E-state index contributed by atoms with van der Waals surface area (Å²) in [6.45, 7) is -0.572. The van der Waals surface area contributed by atoms with E-state index in [1.165, 1.54) is 33.4 Å². The number of amides is 1. The molecule has 1 aromatic heterocycles. The maximum atomic E-state index is 13.2. The summed E-state index contributed by atoms with van der Waals surface area (Å²) in [6.07, 6.45) is 0. The van der Waals surface area contributed by atoms with Gasteiger partial charge in [-0.25, -0.2) is 13.2 Å². The Morgan fingerprint density at radius 1 is 1.11 bits per heavy atom. The lowest BCUT2D eigenvalue weighted by Gasteiger charge is -2.24. The Morgan fingerprint density at radius 3 is 2.37 bits per heavy atom. The van der Waals surface area contributed by atoms with E-state index in [9.17, 15) is 18.0 Å². The molecule has 0 spiro atoms. The first-order valence-electron chi connectivity index (χ1n) is 7.85. The topological polar surface area (TPSA) is 107 Å². The van der Waals surface area contributed by atoms with Crippen LogP contribution in [0.4, 0.5) is 5.69 Å². The standard InChI is InChI=1S/C17H17ClN4O4S/c1-20-14-8-7-11(9-15(14)21(2)17(20)24)27(25,26)22(10-16(19)23)13-6-4-3-5-12(13)18/h3-9H,10H2,1-2H3,(H2,19,23). The van der Waals surface area contributed by atoms with Crippen LogP contribution in [0.25, 0.3) is 11.0 Å². The smallest absolute Gasteiger partial charge is 0.328 e. The molecule has 0 unspecified atom stereocenters. The number of para-hydroxylation sites is 1. The number of carbonyl (C=O) groups is 1. The predicted molar refractivity (Wildman–Crippen MR) is 103 cm³/mol. The number of primary amides is 1. The fourth-order valence-corrected chi connectivity index (χ4v) is 4.63. The zero-order valence-electron chi connectivity index (χ0n) is 14.6. The van der Waals surface area contributed by atoms with Crippen LogP contribution < -0.4 is 15.7 Å². The van der Waals surface area contributed by atoms with Gasteiger partial charge in [-0.05, 0) is 30.3 Å². The van der Waals surface area contributed by atoms with E-state index < -0.39 is 22.5 Å². The molecule has 0 saturated carbocycles. The largest absolute Gasteiger partial charge is 0.368 e. The fraction of sp³-hybridized carbons (Fsp3) is 0.176. The number of halogens is 1. The molecule has 27 heavy (non-hydrogen) atoms. The molecule has 0 bridgehead atoms. The predicted octanol–water partition coefficient (Wildman–Crippen LogP) is 1.21. The number of anilines is 1. The van der Waals surface area contributed by atoms with Crippen LogP contribution in [0.15, 0.2) is 52.2 Å². The summed E-state index contributed by atoms with van der Waals surface area (Å²) in [5, 5.41) is 0.163. The number of nitrogens with zero attached hydrogens (tertiary/aromatic N) is 3. The number of sulfonamides is 1. The minimum atomic E-state index is -4.16. The van der Waals surface area contributed by atoms with E-state index >= 15 is 0 Å². The van der Waals surface area contributed by atoms with Crippen molar-refractivity contribution in [2.24, 2.45) is 19.8 Å². The third kappa shape index (κ3) is 3.19. The quantitative estimate of drug-likeness (QED) is 0.684. The summed E-state index contributed by atoms with van der Waals surface area (Å²) < 4.78 is 30.1. The lowest BCUT2D eigenvalue weighted by atomic mass is 10.3. The van der Waals surface area contributed by atoms with E-state index in [4.69, 9.17) is 17.3 Å². The van der Waals surface area contributed by atoms with Crippen molar-refractivity contribution in [3.8, 4) is 0 Å². The summed E-state index contributed by atoms with van der Waals surface area (Å²) in [4.78, 5) is 23.5. The zero-order chi connectivity index (χ0) is 19.9. The molecule has 0 aliphatic rings. The molecule has 0 aliphatic heterocycles. The number of nitrogens with two attached hydrogens (primary N) is 1. The number of aromatic nitrogens is 2. The number of hydrogen-bond donors (Lipinski definition) is 1. The Hall–Kier alpha value is -2.78. The molecule has 10 heteroatoms. The highest BCUT2D eigenvalue weighted by molar-refractivity contribution is 7.92. The molecule has 2 aromatic carbocycles. The summed E-state index contributed by atoms with van der Waals surface area (Å²) in [5.74, 6) is -0.827. The van der Waals surface area contributed by atoms with Gasteiger partial charge in [0.1, 0.15) is 6.54 Å². The Morgan fingerprint density at radius 2 is 1.74 bits per heavy atom. The van der Waals surface area contributed by atoms with Crippen molar-refractivity contribution in [1.29, 1.82) is 0 Å². The van der Waals surface area contributed by atoms with Gasteiger partial charge in [-0.15, -0.1) is 0 Å². The summed E-state index contributed by atoms with van der Waals surface area (Å²) >= 11 is 6.13. The van der Waals surface area contributed by atoms with Gasteiger partial charge < -0.3 is 5.73 Å². The van der Waals surface area contributed by atoms with Crippen LogP contribution in [0.5, 0.6) is 0 Å². The van der Waals surface area contributed by atoms with Crippen LogP contribution in [0.2, 0.25) is 5.02 Å². The zero-order valence-corrected chi connectivity index (χ0v) is 16.2. The molecule has 1 heterocycles. The molecule has 1 amide bonds. The average Bonchev–Trinajstić information content (AvgIpc) is 2.84. The fourth-order valence-electron chi connectivity index (χ4n) is 2.87. The number of benzene rings is 2. The van der Waals surface area contributed by atoms with Gasteiger partial charge in [0.15, 0.2) is 0 Å². The summed E-state index contributed by atoms with van der Waals surface area (Å²) in [5.41, 5.74) is 6.15. The van der Waals surface area contributed by atoms with Crippen LogP contribution in [-0.4, -0.2) is 30.0 Å². The first-order chi connectivity index (χ1) is 12.6. The van der Waals surface area contributed by atoms with Crippen molar-refractivity contribution in [3.05, 3.63) is 58.0 Å². The highest BCUT2D eigenvalue weighted by atomic mass is 35.5. The molecule has 0 radical (unpaired) electrons. The van der Waals surface area contributed by atoms with Crippen molar-refractivity contribution in [2.45, 2.75) is 4.90 Å². The molecule has 0 aliphatic carbocycles. The molecule has 142 valence electrons. The van der Waals surface area contributed by atoms with Crippen LogP contribution in [0.1, 0.15) is 0 Å². The lowest BCUT2D eigenvalue weighted by Crippen LogP contribution is -2.38. The molecule has 3 aromatic rings. The third-order valence-corrected chi connectivity index (χ3v) is 6.33. The third-order valence-electron chi connectivity index (χ3n) is 4.25. The minimum Gasteiger partial charge on any atom is -0.368 e. The maximum absolute atomic E-state index is 13.2. The summed E-state index contributed by atoms with van der Waals surface area (Å²) in [6, 6.07) is 10.6. The molecular formula is C17H17ClN4O4S. The second-order valence-corrected chi connectivity index (χ2v) is 8.25. The normalized spacial score (nSPS) is 11.7. The average molecular weight is 409 g/mol. The first-order valence-corrected chi connectivity index (χ1v) is 9.67. The van der Waals surface area contributed by atoms with E-state index in [0.717, 1.165) is 4.31 Å². The second kappa shape index (κ2) is 6.75. The van der Waals surface area contributed by atoms with Gasteiger partial charge in [0.25, 0.3) is 10.0 Å². The maximum Gasteiger partial charge on any atom is 0.328 e. The molecule has 2 N–H and O–H groups in total. The van der Waals surface area contributed by atoms with Gasteiger partial charge in [0.2, 0.25) is 5.91 Å². The molecule has 0 fully saturated rings. The number of aryl methyl sites for hydroxylation is 2. The van der Waals surface area contributed by atoms with E-state index in [1.54, 1.807) is 32.3 Å². The summed E-state index contributed by atoms with van der Waals surface area (Å²) in [7, 11) is -1.01. The molecule has 8 nitrogen and oxygen atoms in total. The van der Waals surface area contributed by atoms with Gasteiger partial charge in [0, 0.05) is 14.1 Å².